The van der Waals surface area contributed by atoms with Crippen LogP contribution in [0, 0.1) is 11.6 Å². The number of urea groups is 1. The van der Waals surface area contributed by atoms with E-state index in [-0.39, 0.29) is 29.2 Å². The second-order valence-corrected chi connectivity index (χ2v) is 9.66. The van der Waals surface area contributed by atoms with Crippen LogP contribution in [0.2, 0.25) is 0 Å². The number of halogens is 2. The summed E-state index contributed by atoms with van der Waals surface area (Å²) < 4.78 is 27.4. The summed E-state index contributed by atoms with van der Waals surface area (Å²) >= 11 is 0. The van der Waals surface area contributed by atoms with Crippen LogP contribution in [0.3, 0.4) is 0 Å². The van der Waals surface area contributed by atoms with Crippen LogP contribution in [0.15, 0.2) is 42.5 Å². The Morgan fingerprint density at radius 3 is 2.39 bits per heavy atom. The number of nitrogens with zero attached hydrogens (tertiary/aromatic N) is 2. The monoisotopic (exact) mass is 427 g/mol. The number of nitrogens with one attached hydrogen (secondary N) is 1. The van der Waals surface area contributed by atoms with Gasteiger partial charge in [0.2, 0.25) is 0 Å². The lowest BCUT2D eigenvalue weighted by Crippen LogP contribution is -2.44. The molecule has 0 aromatic heterocycles. The van der Waals surface area contributed by atoms with Crippen molar-refractivity contribution in [1.82, 2.24) is 9.80 Å². The van der Waals surface area contributed by atoms with Crippen molar-refractivity contribution in [3.05, 3.63) is 65.2 Å². The summed E-state index contributed by atoms with van der Waals surface area (Å²) in [7, 11) is 0. The lowest BCUT2D eigenvalue weighted by atomic mass is 9.85. The van der Waals surface area contributed by atoms with E-state index in [1.807, 2.05) is 4.90 Å². The van der Waals surface area contributed by atoms with E-state index in [4.69, 9.17) is 0 Å². The Balaban J connectivity index is 1.66. The highest BCUT2D eigenvalue weighted by atomic mass is 19.1. The molecule has 2 aromatic carbocycles. The first kappa shape index (κ1) is 21.8. The first-order valence-electron chi connectivity index (χ1n) is 11.1. The van der Waals surface area contributed by atoms with Crippen LogP contribution in [0.4, 0.5) is 19.3 Å². The van der Waals surface area contributed by atoms with Gasteiger partial charge in [-0.25, -0.2) is 13.6 Å². The molecule has 2 aliphatic rings. The van der Waals surface area contributed by atoms with Crippen LogP contribution in [0.5, 0.6) is 0 Å². The molecule has 0 saturated carbocycles. The van der Waals surface area contributed by atoms with Crippen LogP contribution in [-0.2, 0) is 5.41 Å². The predicted octanol–water partition coefficient (Wildman–Crippen LogP) is 5.71. The van der Waals surface area contributed by atoms with Crippen molar-refractivity contribution in [1.29, 1.82) is 0 Å². The summed E-state index contributed by atoms with van der Waals surface area (Å²) in [6, 6.07) is 11.6. The molecule has 2 amide bonds. The van der Waals surface area contributed by atoms with Crippen molar-refractivity contribution < 1.29 is 13.6 Å². The number of carbonyl (C=O) groups is 1. The van der Waals surface area contributed by atoms with Gasteiger partial charge in [0.25, 0.3) is 0 Å². The van der Waals surface area contributed by atoms with Crippen molar-refractivity contribution in [2.24, 2.45) is 0 Å². The molecule has 2 aromatic rings. The average molecular weight is 428 g/mol. The zero-order chi connectivity index (χ0) is 22.2. The van der Waals surface area contributed by atoms with E-state index in [9.17, 15) is 13.6 Å². The maximum atomic E-state index is 14.2. The first-order valence-corrected chi connectivity index (χ1v) is 11.1. The molecule has 0 bridgehead atoms. The molecule has 2 aliphatic heterocycles. The van der Waals surface area contributed by atoms with Gasteiger partial charge >= 0.3 is 6.03 Å². The molecule has 0 aliphatic carbocycles. The Bertz CT molecular complexity index is 939. The first-order chi connectivity index (χ1) is 14.7. The fourth-order valence-corrected chi connectivity index (χ4v) is 4.87. The number of anilines is 1. The smallest absolute Gasteiger partial charge is 0.316 e. The molecule has 4 nitrogen and oxygen atoms in total. The predicted molar refractivity (Wildman–Crippen MR) is 119 cm³/mol. The normalized spacial score (nSPS) is 22.2. The summed E-state index contributed by atoms with van der Waals surface area (Å²) in [6.07, 6.45) is 3.01. The Kier molecular flexibility index (Phi) is 6.02. The van der Waals surface area contributed by atoms with Gasteiger partial charge in [-0.2, -0.15) is 0 Å². The van der Waals surface area contributed by atoms with Crippen molar-refractivity contribution in [2.45, 2.75) is 57.5 Å². The van der Waals surface area contributed by atoms with E-state index in [0.717, 1.165) is 50.0 Å². The fraction of sp³-hybridized carbons (Fsp3) is 0.480. The number of benzene rings is 2. The molecular formula is C25H31F2N3O. The highest BCUT2D eigenvalue weighted by Crippen LogP contribution is 2.37. The van der Waals surface area contributed by atoms with Gasteiger partial charge in [0.05, 0.1) is 11.7 Å². The van der Waals surface area contributed by atoms with Gasteiger partial charge in [-0.05, 0) is 54.5 Å². The number of fused-ring (bicyclic) bond motifs is 1. The van der Waals surface area contributed by atoms with E-state index in [2.05, 4.69) is 55.3 Å². The van der Waals surface area contributed by atoms with Gasteiger partial charge in [-0.15, -0.1) is 0 Å². The van der Waals surface area contributed by atoms with Gasteiger partial charge in [0, 0.05) is 25.2 Å². The van der Waals surface area contributed by atoms with E-state index >= 15 is 0 Å². The molecule has 2 saturated heterocycles. The third-order valence-electron chi connectivity index (χ3n) is 6.51. The number of hydrogen-bond acceptors (Lipinski definition) is 2. The highest BCUT2D eigenvalue weighted by molar-refractivity contribution is 5.89. The van der Waals surface area contributed by atoms with Crippen LogP contribution < -0.4 is 5.32 Å². The zero-order valence-electron chi connectivity index (χ0n) is 18.5. The maximum Gasteiger partial charge on any atom is 0.322 e. The summed E-state index contributed by atoms with van der Waals surface area (Å²) in [4.78, 5) is 17.6. The Morgan fingerprint density at radius 2 is 1.71 bits per heavy atom. The molecule has 1 N–H and O–H groups in total. The number of amides is 2. The molecule has 2 heterocycles. The van der Waals surface area contributed by atoms with Gasteiger partial charge in [0.15, 0.2) is 0 Å². The second-order valence-electron chi connectivity index (χ2n) is 9.66. The standard InChI is InChI=1S/C25H31F2N3O/c1-25(2,3)18-9-7-17(8-10-18)23-22-6-4-13-29(22)14-5-15-30(23)24(31)28-21-12-11-19(26)16-20(21)27/h7-12,16,22-23H,4-6,13-15H2,1-3H3,(H,28,31)/t22-,23?/m0/s1. The average Bonchev–Trinajstić information content (AvgIpc) is 3.09. The minimum absolute atomic E-state index is 0.000700. The van der Waals surface area contributed by atoms with Crippen LogP contribution in [0.1, 0.15) is 57.2 Å². The molecule has 0 spiro atoms. The number of carbonyl (C=O) groups excluding carboxylic acids is 1. The minimum Gasteiger partial charge on any atom is -0.316 e. The molecule has 1 unspecified atom stereocenters. The van der Waals surface area contributed by atoms with Crippen molar-refractivity contribution >= 4 is 11.7 Å². The van der Waals surface area contributed by atoms with Crippen molar-refractivity contribution in [3.63, 3.8) is 0 Å². The third-order valence-corrected chi connectivity index (χ3v) is 6.51. The summed E-state index contributed by atoms with van der Waals surface area (Å²) in [5.41, 5.74) is 2.40. The summed E-state index contributed by atoms with van der Waals surface area (Å²) in [5.74, 6) is -1.43. The topological polar surface area (TPSA) is 35.6 Å². The van der Waals surface area contributed by atoms with Gasteiger partial charge in [-0.3, -0.25) is 4.90 Å². The van der Waals surface area contributed by atoms with Crippen LogP contribution in [0.25, 0.3) is 0 Å². The Hall–Kier alpha value is -2.47. The van der Waals surface area contributed by atoms with Gasteiger partial charge < -0.3 is 10.2 Å². The Labute approximate surface area is 183 Å². The largest absolute Gasteiger partial charge is 0.322 e. The molecule has 4 rings (SSSR count). The SMILES string of the molecule is CC(C)(C)c1ccc(C2[C@@H]3CCCN3CCCN2C(=O)Nc2ccc(F)cc2F)cc1. The van der Waals surface area contributed by atoms with E-state index in [0.29, 0.717) is 6.54 Å². The zero-order valence-corrected chi connectivity index (χ0v) is 18.5. The lowest BCUT2D eigenvalue weighted by Gasteiger charge is -2.36. The number of rotatable bonds is 2. The molecule has 31 heavy (non-hydrogen) atoms. The third kappa shape index (κ3) is 4.59. The molecule has 2 fully saturated rings. The van der Waals surface area contributed by atoms with E-state index < -0.39 is 11.6 Å². The molecule has 0 radical (unpaired) electrons. The molecule has 6 heteroatoms. The maximum absolute atomic E-state index is 14.2. The quantitative estimate of drug-likeness (QED) is 0.667. The van der Waals surface area contributed by atoms with Gasteiger partial charge in [0.1, 0.15) is 11.6 Å². The van der Waals surface area contributed by atoms with Crippen molar-refractivity contribution in [3.8, 4) is 0 Å². The van der Waals surface area contributed by atoms with E-state index in [1.165, 1.54) is 11.6 Å². The number of hydrogen-bond donors (Lipinski definition) is 1. The lowest BCUT2D eigenvalue weighted by molar-refractivity contribution is 0.154. The summed E-state index contributed by atoms with van der Waals surface area (Å²) in [5, 5.41) is 2.68. The van der Waals surface area contributed by atoms with Crippen LogP contribution >= 0.6 is 0 Å². The van der Waals surface area contributed by atoms with Crippen molar-refractivity contribution in [2.75, 3.05) is 25.0 Å². The minimum atomic E-state index is -0.767. The van der Waals surface area contributed by atoms with E-state index in [1.54, 1.807) is 0 Å². The van der Waals surface area contributed by atoms with Gasteiger partial charge in [-0.1, -0.05) is 45.0 Å². The molecule has 166 valence electrons. The second kappa shape index (κ2) is 8.58. The summed E-state index contributed by atoms with van der Waals surface area (Å²) in [6.45, 7) is 9.14. The Morgan fingerprint density at radius 1 is 1.00 bits per heavy atom. The highest BCUT2D eigenvalue weighted by Gasteiger charge is 2.40. The molecular weight excluding hydrogens is 396 g/mol. The molecule has 2 atom stereocenters. The fourth-order valence-electron chi connectivity index (χ4n) is 4.87. The van der Waals surface area contributed by atoms with Crippen LogP contribution in [-0.4, -0.2) is 41.5 Å².